The van der Waals surface area contributed by atoms with E-state index in [1.165, 1.54) is 4.88 Å². The van der Waals surface area contributed by atoms with Gasteiger partial charge in [0, 0.05) is 34.1 Å². The predicted molar refractivity (Wildman–Crippen MR) is 193 cm³/mol. The van der Waals surface area contributed by atoms with Crippen molar-refractivity contribution in [3.8, 4) is 16.8 Å². The van der Waals surface area contributed by atoms with E-state index in [1.807, 2.05) is 31.2 Å². The molecule has 0 radical (unpaired) electrons. The van der Waals surface area contributed by atoms with Crippen molar-refractivity contribution >= 4 is 52.9 Å². The van der Waals surface area contributed by atoms with E-state index in [9.17, 15) is 9.59 Å². The van der Waals surface area contributed by atoms with Gasteiger partial charge < -0.3 is 20.8 Å². The Bertz CT molecular complexity index is 1820. The van der Waals surface area contributed by atoms with Crippen molar-refractivity contribution in [2.75, 3.05) is 19.6 Å². The molecule has 0 aliphatic carbocycles. The first-order valence-corrected chi connectivity index (χ1v) is 17.2. The van der Waals surface area contributed by atoms with Gasteiger partial charge in [0.25, 0.3) is 5.91 Å². The van der Waals surface area contributed by atoms with Crippen molar-refractivity contribution in [3.05, 3.63) is 86.2 Å². The molecule has 2 amide bonds. The zero-order valence-electron chi connectivity index (χ0n) is 27.4. The Morgan fingerprint density at radius 2 is 1.67 bits per heavy atom. The fourth-order valence-corrected chi connectivity index (χ4v) is 6.86. The molecule has 0 saturated carbocycles. The van der Waals surface area contributed by atoms with Gasteiger partial charge >= 0.3 is 0 Å². The summed E-state index contributed by atoms with van der Waals surface area (Å²) in [7, 11) is 0. The molecule has 1 aliphatic rings. The second-order valence-electron chi connectivity index (χ2n) is 11.5. The molecule has 10 nitrogen and oxygen atoms in total. The van der Waals surface area contributed by atoms with E-state index in [4.69, 9.17) is 26.7 Å². The summed E-state index contributed by atoms with van der Waals surface area (Å²) in [6.07, 6.45) is 6.11. The van der Waals surface area contributed by atoms with Crippen LogP contribution in [0.15, 0.2) is 45.8 Å². The number of halogens is 2. The fraction of sp³-hybridized carbons (Fsp3) is 0.400. The van der Waals surface area contributed by atoms with Crippen molar-refractivity contribution < 1.29 is 14.0 Å². The average Bonchev–Trinajstić information content (AvgIpc) is 3.74. The minimum atomic E-state index is -0.485. The smallest absolute Gasteiger partial charge is 0.287 e. The first-order valence-electron chi connectivity index (χ1n) is 16.0. The number of carbonyl (C=O) groups is 2. The van der Waals surface area contributed by atoms with Crippen molar-refractivity contribution in [1.82, 2.24) is 25.4 Å². The zero-order valence-corrected chi connectivity index (χ0v) is 29.8. The summed E-state index contributed by atoms with van der Waals surface area (Å²) >= 11 is 7.90. The number of fused-ring (bicyclic) bond motifs is 3. The molecule has 1 aliphatic heterocycles. The zero-order chi connectivity index (χ0) is 33.3. The number of unbranched alkanes of at least 4 members (excludes halogenated alkanes) is 5. The largest absolute Gasteiger partial charge is 0.443 e. The molecular weight excluding hydrogens is 669 g/mol. The van der Waals surface area contributed by atoms with Crippen LogP contribution in [-0.2, 0) is 4.79 Å². The van der Waals surface area contributed by atoms with Gasteiger partial charge in [0.05, 0.1) is 18.7 Å². The van der Waals surface area contributed by atoms with Crippen molar-refractivity contribution in [3.63, 3.8) is 0 Å². The van der Waals surface area contributed by atoms with E-state index in [-0.39, 0.29) is 42.9 Å². The van der Waals surface area contributed by atoms with Gasteiger partial charge in [-0.3, -0.25) is 19.1 Å². The maximum atomic E-state index is 13.2. The lowest BCUT2D eigenvalue weighted by Crippen LogP contribution is -2.26. The van der Waals surface area contributed by atoms with E-state index >= 15 is 0 Å². The van der Waals surface area contributed by atoms with Crippen molar-refractivity contribution in [1.29, 1.82) is 0 Å². The van der Waals surface area contributed by atoms with Crippen LogP contribution in [0.4, 0.5) is 0 Å². The van der Waals surface area contributed by atoms with Crippen LogP contribution in [0.3, 0.4) is 0 Å². The third kappa shape index (κ3) is 8.94. The molecule has 254 valence electrons. The molecule has 13 heteroatoms. The van der Waals surface area contributed by atoms with Crippen molar-refractivity contribution in [2.45, 2.75) is 71.8 Å². The van der Waals surface area contributed by atoms with Crippen LogP contribution in [-0.4, -0.2) is 51.9 Å². The molecule has 1 atom stereocenters. The number of amides is 2. The number of aryl methyl sites for hydroxylation is 2. The molecule has 5 rings (SSSR count). The highest BCUT2D eigenvalue weighted by Gasteiger charge is 2.32. The number of nitrogens with two attached hydrogens (primary N) is 1. The predicted octanol–water partition coefficient (Wildman–Crippen LogP) is 6.40. The highest BCUT2D eigenvalue weighted by molar-refractivity contribution is 7.15. The first-order chi connectivity index (χ1) is 22.8. The van der Waals surface area contributed by atoms with Gasteiger partial charge in [-0.25, -0.2) is 0 Å². The number of hydrogen-bond donors (Lipinski definition) is 3. The van der Waals surface area contributed by atoms with Crippen LogP contribution in [0, 0.1) is 32.6 Å². The number of aromatic nitrogens is 3. The molecule has 4 aromatic rings. The third-order valence-electron chi connectivity index (χ3n) is 8.09. The van der Waals surface area contributed by atoms with E-state index in [0.717, 1.165) is 71.8 Å². The van der Waals surface area contributed by atoms with Crippen LogP contribution in [0.25, 0.3) is 5.00 Å². The number of carbonyl (C=O) groups excluding carboxylic acids is 2. The Morgan fingerprint density at radius 1 is 0.979 bits per heavy atom. The topological polar surface area (TPSA) is 140 Å². The summed E-state index contributed by atoms with van der Waals surface area (Å²) in [4.78, 5) is 31.8. The fourth-order valence-electron chi connectivity index (χ4n) is 5.52. The third-order valence-corrected chi connectivity index (χ3v) is 9.54. The maximum absolute atomic E-state index is 13.2. The number of nitrogens with zero attached hydrogens (tertiary/aromatic N) is 4. The van der Waals surface area contributed by atoms with Crippen LogP contribution in [0.2, 0.25) is 5.02 Å². The molecule has 0 unspecified atom stereocenters. The van der Waals surface area contributed by atoms with Gasteiger partial charge in [-0.2, -0.15) is 0 Å². The van der Waals surface area contributed by atoms with Crippen molar-refractivity contribution in [2.24, 2.45) is 10.7 Å². The molecule has 0 fully saturated rings. The molecular formula is C35H41Cl2N7O3S. The van der Waals surface area contributed by atoms with Gasteiger partial charge in [0.15, 0.2) is 17.3 Å². The Balaban J connectivity index is 0.00000520. The Labute approximate surface area is 296 Å². The number of aliphatic imine (C=N–C) groups is 1. The molecule has 3 aromatic heterocycles. The monoisotopic (exact) mass is 709 g/mol. The van der Waals surface area contributed by atoms with E-state index in [2.05, 4.69) is 51.1 Å². The standard InChI is InChI=1S/C35H40ClN7O3S.ClH/c1-22-23(2)47-35-31(22)32(25-12-14-26(36)15-13-25)40-28(33-42-41-24(3)43(33)35)21-30(44)38-19-8-6-4-5-7-9-20-39-34(45)29-17-16-27(46-29)11-10-18-37;/h12-17,28H,4-9,18-21,37H2,1-3H3,(H,38,44)(H,39,45);1H/t28-;/m0./s1. The Morgan fingerprint density at radius 3 is 2.38 bits per heavy atom. The van der Waals surface area contributed by atoms with Gasteiger partial charge in [0.1, 0.15) is 16.9 Å². The average molecular weight is 711 g/mol. The number of hydrogen-bond acceptors (Lipinski definition) is 8. The molecule has 4 heterocycles. The lowest BCUT2D eigenvalue weighted by molar-refractivity contribution is -0.121. The number of furan rings is 1. The quantitative estimate of drug-likeness (QED) is 0.108. The van der Waals surface area contributed by atoms with Gasteiger partial charge in [-0.15, -0.1) is 33.9 Å². The van der Waals surface area contributed by atoms with E-state index in [1.54, 1.807) is 23.5 Å². The normalized spacial score (nSPS) is 13.3. The second kappa shape index (κ2) is 17.4. The van der Waals surface area contributed by atoms with Crippen LogP contribution < -0.4 is 16.4 Å². The molecule has 1 aromatic carbocycles. The summed E-state index contributed by atoms with van der Waals surface area (Å²) in [6.45, 7) is 7.58. The first kappa shape index (κ1) is 36.9. The molecule has 0 bridgehead atoms. The summed E-state index contributed by atoms with van der Waals surface area (Å²) in [5.41, 5.74) is 9.35. The summed E-state index contributed by atoms with van der Waals surface area (Å²) < 4.78 is 7.48. The number of rotatable bonds is 13. The highest BCUT2D eigenvalue weighted by Crippen LogP contribution is 2.39. The minimum absolute atomic E-state index is 0. The summed E-state index contributed by atoms with van der Waals surface area (Å²) in [5, 5.41) is 16.5. The highest BCUT2D eigenvalue weighted by atomic mass is 35.5. The lowest BCUT2D eigenvalue weighted by Gasteiger charge is -2.13. The van der Waals surface area contributed by atoms with Crippen LogP contribution in [0.1, 0.15) is 101 Å². The molecule has 4 N–H and O–H groups in total. The van der Waals surface area contributed by atoms with Gasteiger partial charge in [-0.1, -0.05) is 55.3 Å². The van der Waals surface area contributed by atoms with Crippen LogP contribution in [0.5, 0.6) is 0 Å². The number of benzene rings is 1. The summed E-state index contributed by atoms with van der Waals surface area (Å²) in [6, 6.07) is 10.5. The van der Waals surface area contributed by atoms with E-state index < -0.39 is 6.04 Å². The van der Waals surface area contributed by atoms with E-state index in [0.29, 0.717) is 29.7 Å². The SMILES string of the molecule is Cc1sc2c(c1C)C(c1ccc(Cl)cc1)=N[C@@H](CC(=O)NCCCCCCCCNC(=O)c1ccc(C#CCN)o1)c1nnc(C)n1-2.Cl. The maximum Gasteiger partial charge on any atom is 0.287 e. The van der Waals surface area contributed by atoms with Gasteiger partial charge in [-0.05, 0) is 69.4 Å². The number of thiophene rings is 1. The Hall–Kier alpha value is -3.95. The molecule has 0 spiro atoms. The van der Waals surface area contributed by atoms with Crippen LogP contribution >= 0.6 is 35.3 Å². The lowest BCUT2D eigenvalue weighted by atomic mass is 9.99. The molecule has 48 heavy (non-hydrogen) atoms. The second-order valence-corrected chi connectivity index (χ2v) is 13.1. The minimum Gasteiger partial charge on any atom is -0.443 e. The Kier molecular flexibility index (Phi) is 13.4. The molecule has 0 saturated heterocycles. The number of nitrogens with one attached hydrogen (secondary N) is 2. The summed E-state index contributed by atoms with van der Waals surface area (Å²) in [5.74, 6) is 7.29. The van der Waals surface area contributed by atoms with Gasteiger partial charge in [0.2, 0.25) is 5.91 Å².